The number of esters is 1. The van der Waals surface area contributed by atoms with Gasteiger partial charge >= 0.3 is 5.97 Å². The Kier molecular flexibility index (Phi) is 6.91. The number of methoxy groups -OCH3 is 2. The summed E-state index contributed by atoms with van der Waals surface area (Å²) < 4.78 is 17.6. The van der Waals surface area contributed by atoms with Crippen molar-refractivity contribution in [2.24, 2.45) is 0 Å². The Bertz CT molecular complexity index is 857. The second-order valence-electron chi connectivity index (χ2n) is 6.13. The Morgan fingerprint density at radius 2 is 1.81 bits per heavy atom. The largest absolute Gasteiger partial charge is 0.493 e. The highest BCUT2D eigenvalue weighted by Crippen LogP contribution is 2.36. The van der Waals surface area contributed by atoms with Crippen molar-refractivity contribution in [3.63, 3.8) is 0 Å². The number of carbonyl (C=O) groups is 2. The minimum Gasteiger partial charge on any atom is -0.493 e. The number of carbonyl (C=O) groups excluding carboxylic acids is 2. The molecule has 0 saturated heterocycles. The molecular formula is C20H24ClNO5. The number of ether oxygens (including phenoxy) is 3. The van der Waals surface area contributed by atoms with Crippen LogP contribution in [-0.4, -0.2) is 37.1 Å². The minimum atomic E-state index is -0.659. The zero-order chi connectivity index (χ0) is 20.1. The number of hydrogen-bond donors (Lipinski definition) is 0. The molecule has 0 bridgehead atoms. The van der Waals surface area contributed by atoms with Crippen LogP contribution in [0.5, 0.6) is 11.5 Å². The van der Waals surface area contributed by atoms with Crippen LogP contribution in [0.4, 0.5) is 0 Å². The molecule has 2 rings (SSSR count). The number of nitrogens with zero attached hydrogens (tertiary/aromatic N) is 1. The van der Waals surface area contributed by atoms with Crippen LogP contribution in [0.3, 0.4) is 0 Å². The molecule has 0 radical (unpaired) electrons. The van der Waals surface area contributed by atoms with E-state index in [4.69, 9.17) is 25.8 Å². The molecule has 7 heteroatoms. The molecule has 6 nitrogen and oxygen atoms in total. The number of aryl methyl sites for hydroxylation is 1. The van der Waals surface area contributed by atoms with E-state index in [2.05, 4.69) is 11.5 Å². The van der Waals surface area contributed by atoms with Gasteiger partial charge in [0.25, 0.3) is 0 Å². The Labute approximate surface area is 164 Å². The Hall–Kier alpha value is -2.47. The second-order valence-corrected chi connectivity index (χ2v) is 6.54. The fraction of sp³-hybridized carbons (Fsp3) is 0.400. The van der Waals surface area contributed by atoms with Crippen molar-refractivity contribution in [2.45, 2.75) is 33.7 Å². The number of hydrogen-bond acceptors (Lipinski definition) is 5. The van der Waals surface area contributed by atoms with Crippen molar-refractivity contribution in [1.82, 2.24) is 4.57 Å². The molecular weight excluding hydrogens is 370 g/mol. The highest BCUT2D eigenvalue weighted by atomic mass is 35.5. The third-order valence-electron chi connectivity index (χ3n) is 4.32. The molecule has 0 atom stereocenters. The van der Waals surface area contributed by atoms with E-state index >= 15 is 0 Å². The zero-order valence-electron chi connectivity index (χ0n) is 16.2. The van der Waals surface area contributed by atoms with Crippen molar-refractivity contribution in [3.05, 3.63) is 45.7 Å². The summed E-state index contributed by atoms with van der Waals surface area (Å²) in [6, 6.07) is 4.71. The lowest BCUT2D eigenvalue weighted by Crippen LogP contribution is -2.15. The minimum absolute atomic E-state index is 0.182. The van der Waals surface area contributed by atoms with Crippen LogP contribution in [0.1, 0.15) is 45.4 Å². The third kappa shape index (κ3) is 4.45. The van der Waals surface area contributed by atoms with Crippen LogP contribution < -0.4 is 9.47 Å². The van der Waals surface area contributed by atoms with Crippen LogP contribution in [0.25, 0.3) is 0 Å². The molecule has 0 N–H and O–H groups in total. The maximum absolute atomic E-state index is 12.5. The smallest absolute Gasteiger partial charge is 0.338 e. The average Bonchev–Trinajstić information content (AvgIpc) is 2.93. The van der Waals surface area contributed by atoms with Crippen LogP contribution in [-0.2, 0) is 11.3 Å². The molecule has 0 aliphatic carbocycles. The van der Waals surface area contributed by atoms with Crippen molar-refractivity contribution in [2.75, 3.05) is 20.8 Å². The number of benzene rings is 1. The summed E-state index contributed by atoms with van der Waals surface area (Å²) in [6.45, 7) is 6.43. The first-order chi connectivity index (χ1) is 12.8. The van der Waals surface area contributed by atoms with E-state index in [0.29, 0.717) is 17.1 Å². The highest BCUT2D eigenvalue weighted by molar-refractivity contribution is 6.32. The van der Waals surface area contributed by atoms with Gasteiger partial charge in [0.1, 0.15) is 0 Å². The van der Waals surface area contributed by atoms with Gasteiger partial charge in [-0.2, -0.15) is 0 Å². The SMILES string of the molecule is CCCn1c(C)cc(C(=O)COC(=O)c2cc(Cl)c(OC)c(OC)c2)c1C. The van der Waals surface area contributed by atoms with Crippen LogP contribution >= 0.6 is 11.6 Å². The molecule has 27 heavy (non-hydrogen) atoms. The monoisotopic (exact) mass is 393 g/mol. The average molecular weight is 394 g/mol. The summed E-state index contributed by atoms with van der Waals surface area (Å²) in [4.78, 5) is 24.8. The summed E-state index contributed by atoms with van der Waals surface area (Å²) in [7, 11) is 2.90. The van der Waals surface area contributed by atoms with Gasteiger partial charge in [-0.3, -0.25) is 4.79 Å². The van der Waals surface area contributed by atoms with E-state index < -0.39 is 5.97 Å². The predicted molar refractivity (Wildman–Crippen MR) is 103 cm³/mol. The first-order valence-electron chi connectivity index (χ1n) is 8.62. The molecule has 0 saturated carbocycles. The number of rotatable bonds is 8. The van der Waals surface area contributed by atoms with Crippen molar-refractivity contribution >= 4 is 23.4 Å². The van der Waals surface area contributed by atoms with Gasteiger partial charge in [-0.25, -0.2) is 4.79 Å². The third-order valence-corrected chi connectivity index (χ3v) is 4.61. The van der Waals surface area contributed by atoms with Crippen molar-refractivity contribution in [1.29, 1.82) is 0 Å². The van der Waals surface area contributed by atoms with Crippen LogP contribution in [0, 0.1) is 13.8 Å². The van der Waals surface area contributed by atoms with E-state index in [0.717, 1.165) is 24.4 Å². The molecule has 1 aromatic carbocycles. The first kappa shape index (κ1) is 20.8. The van der Waals surface area contributed by atoms with Gasteiger partial charge in [-0.15, -0.1) is 0 Å². The summed E-state index contributed by atoms with van der Waals surface area (Å²) >= 11 is 6.10. The topological polar surface area (TPSA) is 66.8 Å². The Morgan fingerprint density at radius 3 is 2.41 bits per heavy atom. The standard InChI is InChI=1S/C20H24ClNO5/c1-6-7-22-12(2)8-15(13(22)3)17(23)11-27-20(24)14-9-16(21)19(26-5)18(10-14)25-4/h8-10H,6-7,11H2,1-5H3. The summed E-state index contributed by atoms with van der Waals surface area (Å²) in [6.07, 6.45) is 0.971. The quantitative estimate of drug-likeness (QED) is 0.496. The normalized spacial score (nSPS) is 10.6. The molecule has 0 fully saturated rings. The lowest BCUT2D eigenvalue weighted by molar-refractivity contribution is 0.0474. The maximum atomic E-state index is 12.5. The Balaban J connectivity index is 2.13. The molecule has 1 aromatic heterocycles. The maximum Gasteiger partial charge on any atom is 0.338 e. The molecule has 0 unspecified atom stereocenters. The number of ketones is 1. The van der Waals surface area contributed by atoms with Gasteiger partial charge in [-0.05, 0) is 38.5 Å². The van der Waals surface area contributed by atoms with E-state index in [1.807, 2.05) is 19.9 Å². The van der Waals surface area contributed by atoms with Crippen molar-refractivity contribution in [3.8, 4) is 11.5 Å². The summed E-state index contributed by atoms with van der Waals surface area (Å²) in [5.41, 5.74) is 2.64. The van der Waals surface area contributed by atoms with Gasteiger partial charge in [-0.1, -0.05) is 18.5 Å². The second kappa shape index (κ2) is 8.95. The lowest BCUT2D eigenvalue weighted by Gasteiger charge is -2.11. The van der Waals surface area contributed by atoms with Crippen LogP contribution in [0.15, 0.2) is 18.2 Å². The molecule has 2 aromatic rings. The van der Waals surface area contributed by atoms with Gasteiger partial charge in [0.15, 0.2) is 18.1 Å². The molecule has 1 heterocycles. The fourth-order valence-electron chi connectivity index (χ4n) is 2.98. The van der Waals surface area contributed by atoms with Crippen molar-refractivity contribution < 1.29 is 23.8 Å². The molecule has 146 valence electrons. The van der Waals surface area contributed by atoms with Gasteiger partial charge in [0.2, 0.25) is 5.78 Å². The van der Waals surface area contributed by atoms with Crippen LogP contribution in [0.2, 0.25) is 5.02 Å². The van der Waals surface area contributed by atoms with Gasteiger partial charge < -0.3 is 18.8 Å². The zero-order valence-corrected chi connectivity index (χ0v) is 17.0. The predicted octanol–water partition coefficient (Wildman–Crippen LogP) is 4.23. The fourth-order valence-corrected chi connectivity index (χ4v) is 3.27. The molecule has 0 spiro atoms. The summed E-state index contributed by atoms with van der Waals surface area (Å²) in [5, 5.41) is 0.221. The van der Waals surface area contributed by atoms with Gasteiger partial charge in [0, 0.05) is 23.5 Å². The lowest BCUT2D eigenvalue weighted by atomic mass is 10.1. The van der Waals surface area contributed by atoms with E-state index in [1.165, 1.54) is 26.4 Å². The number of halogens is 1. The molecule has 0 aliphatic heterocycles. The van der Waals surface area contributed by atoms with Gasteiger partial charge in [0.05, 0.1) is 24.8 Å². The summed E-state index contributed by atoms with van der Waals surface area (Å²) in [5.74, 6) is -0.263. The number of aromatic nitrogens is 1. The molecule has 0 aliphatic rings. The van der Waals surface area contributed by atoms with E-state index in [1.54, 1.807) is 0 Å². The van der Waals surface area contributed by atoms with E-state index in [-0.39, 0.29) is 23.0 Å². The molecule has 0 amide bonds. The van der Waals surface area contributed by atoms with E-state index in [9.17, 15) is 9.59 Å². The number of Topliss-reactive ketones (excluding diaryl/α,β-unsaturated/α-hetero) is 1. The highest BCUT2D eigenvalue weighted by Gasteiger charge is 2.20. The Morgan fingerprint density at radius 1 is 1.11 bits per heavy atom. The first-order valence-corrected chi connectivity index (χ1v) is 9.00.